The van der Waals surface area contributed by atoms with Crippen molar-refractivity contribution in [2.24, 2.45) is 20.8 Å². The van der Waals surface area contributed by atoms with Crippen molar-refractivity contribution in [2.75, 3.05) is 13.1 Å². The maximum Gasteiger partial charge on any atom is 0.287 e. The van der Waals surface area contributed by atoms with Gasteiger partial charge in [0.1, 0.15) is 0 Å². The number of amidine groups is 2. The molecule has 21 heavy (non-hydrogen) atoms. The van der Waals surface area contributed by atoms with Crippen molar-refractivity contribution >= 4 is 18.0 Å². The summed E-state index contributed by atoms with van der Waals surface area (Å²) in [6, 6.07) is 3.67. The zero-order valence-corrected chi connectivity index (χ0v) is 11.6. The summed E-state index contributed by atoms with van der Waals surface area (Å²) >= 11 is 0. The highest BCUT2D eigenvalue weighted by molar-refractivity contribution is 6.03. The van der Waals surface area contributed by atoms with E-state index in [0.29, 0.717) is 17.4 Å². The number of rotatable bonds is 2. The van der Waals surface area contributed by atoms with Crippen molar-refractivity contribution in [3.63, 3.8) is 0 Å². The number of piperidine rings is 1. The van der Waals surface area contributed by atoms with Crippen molar-refractivity contribution in [1.82, 2.24) is 5.01 Å². The predicted molar refractivity (Wildman–Crippen MR) is 79.1 cm³/mol. The molecule has 4 heterocycles. The molecule has 4 rings (SSSR count). The molecule has 1 saturated heterocycles. The van der Waals surface area contributed by atoms with Gasteiger partial charge < -0.3 is 10.2 Å². The molecule has 0 bridgehead atoms. The summed E-state index contributed by atoms with van der Waals surface area (Å²) in [6.45, 7) is 1.93. The molecule has 1 unspecified atom stereocenters. The number of aliphatic imine (C=N–C) groups is 2. The van der Waals surface area contributed by atoms with Crippen LogP contribution in [0, 0.1) is 0 Å². The average Bonchev–Trinajstić information content (AvgIpc) is 3.14. The Kier molecular flexibility index (Phi) is 2.76. The highest BCUT2D eigenvalue weighted by Gasteiger charge is 2.47. The molecule has 1 aromatic rings. The monoisotopic (exact) mass is 285 g/mol. The van der Waals surface area contributed by atoms with Crippen molar-refractivity contribution < 1.29 is 9.12 Å². The molecule has 3 aliphatic heterocycles. The SMILES string of the molecule is NC1=N[N+]2(N3CCCCC3)C=NC(c3ccco3)=NC2=C1. The Morgan fingerprint density at radius 1 is 1.24 bits per heavy atom. The third kappa shape index (κ3) is 1.93. The van der Waals surface area contributed by atoms with Gasteiger partial charge in [-0.05, 0) is 34.8 Å². The number of fused-ring (bicyclic) bond motifs is 1. The fourth-order valence-electron chi connectivity index (χ4n) is 2.93. The van der Waals surface area contributed by atoms with E-state index in [9.17, 15) is 0 Å². The minimum absolute atomic E-state index is 0.163. The van der Waals surface area contributed by atoms with Gasteiger partial charge in [-0.1, -0.05) is 6.42 Å². The molecule has 2 N–H and O–H groups in total. The molecule has 1 atom stereocenters. The normalized spacial score (nSPS) is 28.9. The predicted octanol–water partition coefficient (Wildman–Crippen LogP) is 1.41. The molecule has 0 aliphatic carbocycles. The van der Waals surface area contributed by atoms with Crippen LogP contribution in [0.5, 0.6) is 0 Å². The van der Waals surface area contributed by atoms with Crippen LogP contribution in [0.15, 0.2) is 49.8 Å². The van der Waals surface area contributed by atoms with E-state index >= 15 is 0 Å². The number of quaternary nitrogens is 1. The number of nitrogens with zero attached hydrogens (tertiary/aromatic N) is 5. The first kappa shape index (κ1) is 12.5. The lowest BCUT2D eigenvalue weighted by Crippen LogP contribution is -2.56. The molecule has 0 radical (unpaired) electrons. The molecule has 0 amide bonds. The Morgan fingerprint density at radius 3 is 2.86 bits per heavy atom. The lowest BCUT2D eigenvalue weighted by atomic mass is 10.2. The summed E-state index contributed by atoms with van der Waals surface area (Å²) in [5.74, 6) is 2.46. The van der Waals surface area contributed by atoms with Gasteiger partial charge in [-0.25, -0.2) is 0 Å². The standard InChI is InChI=1S/C14H17N6O/c15-12-9-13-17-14(11-5-4-8-21-11)16-10-20(13,18-12)19-6-2-1-3-7-19/h4-5,8-10H,1-3,6-7H2,(H2,15,18)/q+1. The third-order valence-corrected chi connectivity index (χ3v) is 3.95. The second kappa shape index (κ2) is 4.64. The van der Waals surface area contributed by atoms with Crippen LogP contribution >= 0.6 is 0 Å². The Balaban J connectivity index is 1.73. The zero-order chi connectivity index (χ0) is 14.3. The van der Waals surface area contributed by atoms with Gasteiger partial charge in [-0.2, -0.15) is 9.98 Å². The van der Waals surface area contributed by atoms with E-state index in [4.69, 9.17) is 10.2 Å². The third-order valence-electron chi connectivity index (χ3n) is 3.95. The maximum atomic E-state index is 5.93. The van der Waals surface area contributed by atoms with Crippen LogP contribution in [0.4, 0.5) is 0 Å². The second-order valence-corrected chi connectivity index (χ2v) is 5.35. The van der Waals surface area contributed by atoms with Crippen molar-refractivity contribution in [2.45, 2.75) is 19.3 Å². The minimum Gasteiger partial charge on any atom is -0.461 e. The lowest BCUT2D eigenvalue weighted by molar-refractivity contribution is -0.927. The quantitative estimate of drug-likeness (QED) is 0.834. The molecule has 108 valence electrons. The highest BCUT2D eigenvalue weighted by atomic mass is 16.3. The van der Waals surface area contributed by atoms with Crippen LogP contribution in [0.25, 0.3) is 0 Å². The van der Waals surface area contributed by atoms with E-state index in [-0.39, 0.29) is 4.70 Å². The molecular formula is C14H17N6O+. The molecule has 3 aliphatic rings. The molecule has 0 spiro atoms. The number of furan rings is 1. The Bertz CT molecular complexity index is 666. The van der Waals surface area contributed by atoms with Crippen LogP contribution < -0.4 is 5.73 Å². The largest absolute Gasteiger partial charge is 0.461 e. The first-order valence-electron chi connectivity index (χ1n) is 7.18. The van der Waals surface area contributed by atoms with Gasteiger partial charge in [0.05, 0.1) is 25.4 Å². The van der Waals surface area contributed by atoms with Gasteiger partial charge in [0.2, 0.25) is 12.2 Å². The van der Waals surface area contributed by atoms with Crippen LogP contribution in [-0.2, 0) is 0 Å². The van der Waals surface area contributed by atoms with Gasteiger partial charge in [0, 0.05) is 0 Å². The first-order chi connectivity index (χ1) is 10.3. The van der Waals surface area contributed by atoms with E-state index < -0.39 is 0 Å². The zero-order valence-electron chi connectivity index (χ0n) is 11.6. The molecular weight excluding hydrogens is 268 g/mol. The molecule has 1 fully saturated rings. The average molecular weight is 285 g/mol. The summed E-state index contributed by atoms with van der Waals surface area (Å²) in [5.41, 5.74) is 5.93. The highest BCUT2D eigenvalue weighted by Crippen LogP contribution is 2.32. The second-order valence-electron chi connectivity index (χ2n) is 5.35. The van der Waals surface area contributed by atoms with Gasteiger partial charge in [0.15, 0.2) is 11.6 Å². The fourth-order valence-corrected chi connectivity index (χ4v) is 2.93. The van der Waals surface area contributed by atoms with Crippen molar-refractivity contribution in [3.05, 3.63) is 36.1 Å². The van der Waals surface area contributed by atoms with Crippen molar-refractivity contribution in [1.29, 1.82) is 0 Å². The van der Waals surface area contributed by atoms with Gasteiger partial charge in [0.25, 0.3) is 5.82 Å². The van der Waals surface area contributed by atoms with E-state index in [2.05, 4.69) is 20.1 Å². The van der Waals surface area contributed by atoms with Crippen LogP contribution in [-0.4, -0.2) is 40.8 Å². The van der Waals surface area contributed by atoms with E-state index in [1.165, 1.54) is 6.42 Å². The van der Waals surface area contributed by atoms with Crippen LogP contribution in [0.1, 0.15) is 25.0 Å². The molecule has 0 aromatic carbocycles. The van der Waals surface area contributed by atoms with E-state index in [1.54, 1.807) is 12.6 Å². The van der Waals surface area contributed by atoms with Gasteiger partial charge in [-0.15, -0.1) is 5.01 Å². The van der Waals surface area contributed by atoms with Gasteiger partial charge in [-0.3, -0.25) is 0 Å². The first-order valence-corrected chi connectivity index (χ1v) is 7.18. The van der Waals surface area contributed by atoms with Crippen LogP contribution in [0.2, 0.25) is 0 Å². The summed E-state index contributed by atoms with van der Waals surface area (Å²) in [7, 11) is 0. The number of hydrogen-bond acceptors (Lipinski definition) is 6. The summed E-state index contributed by atoms with van der Waals surface area (Å²) in [6.07, 6.45) is 8.79. The number of nitrogens with two attached hydrogens (primary N) is 1. The summed E-state index contributed by atoms with van der Waals surface area (Å²) in [5, 5.41) is 6.81. The number of hydrogen-bond donors (Lipinski definition) is 1. The lowest BCUT2D eigenvalue weighted by Gasteiger charge is -2.37. The Morgan fingerprint density at radius 2 is 2.10 bits per heavy atom. The molecule has 7 nitrogen and oxygen atoms in total. The van der Waals surface area contributed by atoms with E-state index in [1.807, 2.05) is 18.2 Å². The Labute approximate surface area is 122 Å². The van der Waals surface area contributed by atoms with Crippen molar-refractivity contribution in [3.8, 4) is 0 Å². The summed E-state index contributed by atoms with van der Waals surface area (Å²) < 4.78 is 5.53. The summed E-state index contributed by atoms with van der Waals surface area (Å²) in [4.78, 5) is 9.06. The molecule has 7 heteroatoms. The molecule has 1 aromatic heterocycles. The Hall–Kier alpha value is -2.25. The smallest absolute Gasteiger partial charge is 0.287 e. The topological polar surface area (TPSA) is 79.5 Å². The van der Waals surface area contributed by atoms with Crippen LogP contribution in [0.3, 0.4) is 0 Å². The fraction of sp³-hybridized carbons (Fsp3) is 0.357. The maximum absolute atomic E-state index is 5.93. The van der Waals surface area contributed by atoms with E-state index in [0.717, 1.165) is 31.8 Å². The minimum atomic E-state index is 0.163. The molecule has 0 saturated carbocycles. The van der Waals surface area contributed by atoms with Gasteiger partial charge >= 0.3 is 0 Å².